The van der Waals surface area contributed by atoms with Gasteiger partial charge in [-0.3, -0.25) is 9.59 Å². The van der Waals surface area contributed by atoms with E-state index in [1.807, 2.05) is 0 Å². The van der Waals surface area contributed by atoms with Gasteiger partial charge >= 0.3 is 5.97 Å². The van der Waals surface area contributed by atoms with E-state index < -0.39 is 17.8 Å². The van der Waals surface area contributed by atoms with Gasteiger partial charge in [-0.15, -0.1) is 11.3 Å². The van der Waals surface area contributed by atoms with Crippen molar-refractivity contribution in [3.8, 4) is 0 Å². The van der Waals surface area contributed by atoms with E-state index in [9.17, 15) is 14.4 Å². The molecule has 9 heteroatoms. The second-order valence-corrected chi connectivity index (χ2v) is 7.50. The number of primary amides is 1. The molecule has 0 spiro atoms. The molecule has 0 aliphatic carbocycles. The molecule has 0 aliphatic rings. The van der Waals surface area contributed by atoms with Gasteiger partial charge in [-0.2, -0.15) is 0 Å². The molecule has 0 saturated carbocycles. The van der Waals surface area contributed by atoms with Crippen molar-refractivity contribution >= 4 is 57.3 Å². The smallest absolute Gasteiger partial charge is 0.348 e. The first-order valence-electron chi connectivity index (χ1n) is 7.52. The summed E-state index contributed by atoms with van der Waals surface area (Å²) in [6, 6.07) is 4.37. The Bertz CT molecular complexity index is 893. The van der Waals surface area contributed by atoms with Crippen molar-refractivity contribution in [2.24, 2.45) is 5.73 Å². The summed E-state index contributed by atoms with van der Waals surface area (Å²) in [5, 5.41) is 3.29. The molecule has 0 fully saturated rings. The number of nitrogens with two attached hydrogens (primary N) is 1. The van der Waals surface area contributed by atoms with Gasteiger partial charge in [0, 0.05) is 5.56 Å². The maximum absolute atomic E-state index is 12.4. The van der Waals surface area contributed by atoms with Crippen molar-refractivity contribution in [2.75, 3.05) is 5.32 Å². The molecule has 0 saturated heterocycles. The average Bonchev–Trinajstić information content (AvgIpc) is 2.85. The number of rotatable bonds is 5. The van der Waals surface area contributed by atoms with Crippen LogP contribution in [0.4, 0.5) is 5.00 Å². The molecule has 1 aromatic heterocycles. The third-order valence-electron chi connectivity index (χ3n) is 3.33. The first kappa shape index (κ1) is 20.2. The molecule has 26 heavy (non-hydrogen) atoms. The van der Waals surface area contributed by atoms with E-state index in [2.05, 4.69) is 5.32 Å². The Kier molecular flexibility index (Phi) is 6.28. The van der Waals surface area contributed by atoms with Crippen molar-refractivity contribution in [2.45, 2.75) is 26.9 Å². The maximum Gasteiger partial charge on any atom is 0.348 e. The topological polar surface area (TPSA) is 98.5 Å². The summed E-state index contributed by atoms with van der Waals surface area (Å²) in [5.74, 6) is -1.86. The van der Waals surface area contributed by atoms with Crippen LogP contribution < -0.4 is 11.1 Å². The fourth-order valence-electron chi connectivity index (χ4n) is 2.17. The molecule has 3 N–H and O–H groups in total. The number of halogens is 2. The SMILES string of the molecule is Cc1c(C(=O)OC(C)C)sc(NC(=O)c2ccc(Cl)c(Cl)c2)c1C(N)=O. The number of thiophene rings is 1. The van der Waals surface area contributed by atoms with Gasteiger partial charge in [0.05, 0.1) is 21.7 Å². The highest BCUT2D eigenvalue weighted by Gasteiger charge is 2.26. The normalized spacial score (nSPS) is 10.7. The predicted octanol–water partition coefficient (Wildman–Crippen LogP) is 4.28. The van der Waals surface area contributed by atoms with Gasteiger partial charge in [-0.05, 0) is 44.5 Å². The largest absolute Gasteiger partial charge is 0.459 e. The van der Waals surface area contributed by atoms with E-state index in [-0.39, 0.29) is 32.1 Å². The fraction of sp³-hybridized carbons (Fsp3) is 0.235. The second kappa shape index (κ2) is 8.07. The van der Waals surface area contributed by atoms with Gasteiger partial charge in [0.15, 0.2) is 0 Å². The summed E-state index contributed by atoms with van der Waals surface area (Å²) in [6.07, 6.45) is -0.324. The van der Waals surface area contributed by atoms with Crippen LogP contribution in [0.15, 0.2) is 18.2 Å². The third-order valence-corrected chi connectivity index (χ3v) is 5.26. The number of benzene rings is 1. The van der Waals surface area contributed by atoms with E-state index >= 15 is 0 Å². The lowest BCUT2D eigenvalue weighted by molar-refractivity contribution is 0.0383. The Morgan fingerprint density at radius 3 is 2.38 bits per heavy atom. The fourth-order valence-corrected chi connectivity index (χ4v) is 3.56. The number of nitrogens with one attached hydrogen (secondary N) is 1. The Balaban J connectivity index is 2.38. The first-order valence-corrected chi connectivity index (χ1v) is 9.09. The van der Waals surface area contributed by atoms with Crippen LogP contribution in [0.5, 0.6) is 0 Å². The minimum Gasteiger partial charge on any atom is -0.459 e. The van der Waals surface area contributed by atoms with Gasteiger partial charge in [0.2, 0.25) is 0 Å². The summed E-state index contributed by atoms with van der Waals surface area (Å²) >= 11 is 12.7. The number of carbonyl (C=O) groups excluding carboxylic acids is 3. The zero-order chi connectivity index (χ0) is 19.6. The first-order chi connectivity index (χ1) is 12.1. The van der Waals surface area contributed by atoms with Crippen molar-refractivity contribution in [3.63, 3.8) is 0 Å². The third kappa shape index (κ3) is 4.35. The molecule has 1 heterocycles. The number of carbonyl (C=O) groups is 3. The summed E-state index contributed by atoms with van der Waals surface area (Å²) < 4.78 is 5.16. The van der Waals surface area contributed by atoms with E-state index in [1.165, 1.54) is 18.2 Å². The number of hydrogen-bond acceptors (Lipinski definition) is 5. The van der Waals surface area contributed by atoms with Crippen LogP contribution in [0.2, 0.25) is 10.0 Å². The van der Waals surface area contributed by atoms with Crippen LogP contribution in [0, 0.1) is 6.92 Å². The van der Waals surface area contributed by atoms with Gasteiger partial charge in [0.25, 0.3) is 11.8 Å². The Morgan fingerprint density at radius 2 is 1.85 bits per heavy atom. The summed E-state index contributed by atoms with van der Waals surface area (Å²) in [4.78, 5) is 36.6. The van der Waals surface area contributed by atoms with Crippen LogP contribution >= 0.6 is 34.5 Å². The van der Waals surface area contributed by atoms with Crippen LogP contribution in [0.25, 0.3) is 0 Å². The number of hydrogen-bond donors (Lipinski definition) is 2. The van der Waals surface area contributed by atoms with E-state index in [0.717, 1.165) is 11.3 Å². The van der Waals surface area contributed by atoms with Crippen LogP contribution in [0.1, 0.15) is 49.8 Å². The summed E-state index contributed by atoms with van der Waals surface area (Å²) in [6.45, 7) is 4.99. The molecule has 2 aromatic rings. The molecule has 0 radical (unpaired) electrons. The van der Waals surface area contributed by atoms with Crippen molar-refractivity contribution in [1.82, 2.24) is 0 Å². The van der Waals surface area contributed by atoms with Crippen molar-refractivity contribution < 1.29 is 19.1 Å². The quantitative estimate of drug-likeness (QED) is 0.712. The predicted molar refractivity (Wildman–Crippen MR) is 103 cm³/mol. The monoisotopic (exact) mass is 414 g/mol. The molecule has 138 valence electrons. The lowest BCUT2D eigenvalue weighted by atomic mass is 10.1. The Labute approximate surface area is 164 Å². The molecule has 2 rings (SSSR count). The minimum atomic E-state index is -0.758. The molecule has 0 unspecified atom stereocenters. The van der Waals surface area contributed by atoms with E-state index in [0.29, 0.717) is 10.6 Å². The standard InChI is InChI=1S/C17H16Cl2N2O4S/c1-7(2)25-17(24)13-8(3)12(14(20)22)16(26-13)21-15(23)9-4-5-10(18)11(19)6-9/h4-7H,1-3H3,(H2,20,22)(H,21,23). The zero-order valence-electron chi connectivity index (χ0n) is 14.2. The Morgan fingerprint density at radius 1 is 1.19 bits per heavy atom. The number of amides is 2. The highest BCUT2D eigenvalue weighted by molar-refractivity contribution is 7.18. The zero-order valence-corrected chi connectivity index (χ0v) is 16.5. The molecule has 2 amide bonds. The number of esters is 1. The van der Waals surface area contributed by atoms with Gasteiger partial charge in [-0.1, -0.05) is 23.2 Å². The second-order valence-electron chi connectivity index (χ2n) is 5.66. The lowest BCUT2D eigenvalue weighted by Crippen LogP contribution is -2.17. The average molecular weight is 415 g/mol. The van der Waals surface area contributed by atoms with E-state index in [4.69, 9.17) is 33.7 Å². The molecular formula is C17H16Cl2N2O4S. The molecule has 1 aromatic carbocycles. The van der Waals surface area contributed by atoms with Crippen LogP contribution in [-0.4, -0.2) is 23.9 Å². The molecule has 0 atom stereocenters. The number of anilines is 1. The van der Waals surface area contributed by atoms with Gasteiger partial charge in [0.1, 0.15) is 9.88 Å². The van der Waals surface area contributed by atoms with Crippen LogP contribution in [-0.2, 0) is 4.74 Å². The highest BCUT2D eigenvalue weighted by atomic mass is 35.5. The minimum absolute atomic E-state index is 0.0686. The lowest BCUT2D eigenvalue weighted by Gasteiger charge is -2.06. The summed E-state index contributed by atoms with van der Waals surface area (Å²) in [7, 11) is 0. The molecular weight excluding hydrogens is 399 g/mol. The maximum atomic E-state index is 12.4. The van der Waals surface area contributed by atoms with Crippen LogP contribution in [0.3, 0.4) is 0 Å². The highest BCUT2D eigenvalue weighted by Crippen LogP contribution is 2.34. The van der Waals surface area contributed by atoms with Gasteiger partial charge in [-0.25, -0.2) is 4.79 Å². The van der Waals surface area contributed by atoms with E-state index in [1.54, 1.807) is 20.8 Å². The molecule has 0 aliphatic heterocycles. The number of ether oxygens (including phenoxy) is 1. The molecule has 0 bridgehead atoms. The summed E-state index contributed by atoms with van der Waals surface area (Å²) in [5.41, 5.74) is 6.08. The molecule has 6 nitrogen and oxygen atoms in total. The van der Waals surface area contributed by atoms with Crippen molar-refractivity contribution in [3.05, 3.63) is 49.8 Å². The van der Waals surface area contributed by atoms with Gasteiger partial charge < -0.3 is 15.8 Å². The Hall–Kier alpha value is -2.09. The van der Waals surface area contributed by atoms with Crippen molar-refractivity contribution in [1.29, 1.82) is 0 Å².